The first-order valence-electron chi connectivity index (χ1n) is 7.24. The number of fused-ring (bicyclic) bond motifs is 3. The lowest BCUT2D eigenvalue weighted by atomic mass is 10.0. The van der Waals surface area contributed by atoms with Gasteiger partial charge in [0.15, 0.2) is 0 Å². The largest absolute Gasteiger partial charge is 0.350 e. The van der Waals surface area contributed by atoms with E-state index in [1.54, 1.807) is 18.3 Å². The van der Waals surface area contributed by atoms with Crippen molar-refractivity contribution < 1.29 is 10.0 Å². The minimum atomic E-state index is -0.813. The Morgan fingerprint density at radius 1 is 1.23 bits per heavy atom. The van der Waals surface area contributed by atoms with Crippen LogP contribution >= 0.6 is 11.3 Å². The molecule has 2 amide bonds. The predicted octanol–water partition coefficient (Wildman–Crippen LogP) is 4.15. The number of thiophene rings is 1. The molecule has 5 heteroatoms. The number of urea groups is 1. The van der Waals surface area contributed by atoms with Crippen LogP contribution < -0.4 is 5.73 Å². The highest BCUT2D eigenvalue weighted by atomic mass is 32.1. The summed E-state index contributed by atoms with van der Waals surface area (Å²) in [6.07, 6.45) is 1.45. The molecule has 1 atom stereocenters. The smallest absolute Gasteiger partial charge is 0.338 e. The molecule has 1 unspecified atom stereocenters. The highest BCUT2D eigenvalue weighted by molar-refractivity contribution is 7.25. The molecule has 0 aliphatic rings. The zero-order valence-corrected chi connectivity index (χ0v) is 13.1. The molecule has 0 radical (unpaired) electrons. The van der Waals surface area contributed by atoms with E-state index >= 15 is 0 Å². The van der Waals surface area contributed by atoms with E-state index in [4.69, 9.17) is 5.73 Å². The molecule has 3 N–H and O–H groups in total. The Hall–Kier alpha value is -2.11. The number of amides is 2. The predicted molar refractivity (Wildman–Crippen MR) is 90.3 cm³/mol. The first kappa shape index (κ1) is 14.8. The van der Waals surface area contributed by atoms with Crippen LogP contribution in [0.25, 0.3) is 20.2 Å². The Kier molecular flexibility index (Phi) is 4.00. The van der Waals surface area contributed by atoms with Gasteiger partial charge in [0.1, 0.15) is 0 Å². The van der Waals surface area contributed by atoms with Gasteiger partial charge < -0.3 is 5.73 Å². The Morgan fingerprint density at radius 2 is 1.95 bits per heavy atom. The fraction of sp³-hybridized carbons (Fsp3) is 0.235. The Morgan fingerprint density at radius 3 is 2.73 bits per heavy atom. The van der Waals surface area contributed by atoms with E-state index in [1.165, 1.54) is 25.7 Å². The highest BCUT2D eigenvalue weighted by Gasteiger charge is 2.15. The van der Waals surface area contributed by atoms with Crippen molar-refractivity contribution in [1.29, 1.82) is 0 Å². The Balaban J connectivity index is 1.80. The number of nitrogens with two attached hydrogens (primary N) is 1. The van der Waals surface area contributed by atoms with Gasteiger partial charge in [0.25, 0.3) is 0 Å². The van der Waals surface area contributed by atoms with Crippen molar-refractivity contribution in [3.8, 4) is 0 Å². The van der Waals surface area contributed by atoms with Gasteiger partial charge in [-0.05, 0) is 37.5 Å². The van der Waals surface area contributed by atoms with E-state index in [2.05, 4.69) is 42.5 Å². The maximum absolute atomic E-state index is 10.9. The van der Waals surface area contributed by atoms with Gasteiger partial charge in [0.2, 0.25) is 0 Å². The zero-order chi connectivity index (χ0) is 15.7. The number of hydrogen-bond acceptors (Lipinski definition) is 3. The summed E-state index contributed by atoms with van der Waals surface area (Å²) >= 11 is 1.79. The van der Waals surface area contributed by atoms with Crippen LogP contribution in [-0.4, -0.2) is 22.3 Å². The monoisotopic (exact) mass is 314 g/mol. The summed E-state index contributed by atoms with van der Waals surface area (Å²) in [6.45, 7) is 1.78. The van der Waals surface area contributed by atoms with E-state index in [1.807, 2.05) is 0 Å². The molecule has 22 heavy (non-hydrogen) atoms. The number of rotatable bonds is 4. The average Bonchev–Trinajstić information content (AvgIpc) is 2.89. The van der Waals surface area contributed by atoms with Gasteiger partial charge in [-0.25, -0.2) is 9.86 Å². The van der Waals surface area contributed by atoms with Gasteiger partial charge >= 0.3 is 6.03 Å². The van der Waals surface area contributed by atoms with Crippen LogP contribution in [0.5, 0.6) is 0 Å². The van der Waals surface area contributed by atoms with Crippen molar-refractivity contribution >= 4 is 37.5 Å². The molecule has 0 aliphatic carbocycles. The van der Waals surface area contributed by atoms with Crippen molar-refractivity contribution in [2.75, 3.05) is 0 Å². The topological polar surface area (TPSA) is 66.6 Å². The summed E-state index contributed by atoms with van der Waals surface area (Å²) in [7, 11) is 0. The zero-order valence-electron chi connectivity index (χ0n) is 12.3. The summed E-state index contributed by atoms with van der Waals surface area (Å²) in [5, 5.41) is 12.7. The van der Waals surface area contributed by atoms with Crippen LogP contribution in [0.1, 0.15) is 18.9 Å². The Labute approximate surface area is 132 Å². The summed E-state index contributed by atoms with van der Waals surface area (Å²) in [5.41, 5.74) is 6.26. The van der Waals surface area contributed by atoms with E-state index in [0.717, 1.165) is 6.42 Å². The summed E-state index contributed by atoms with van der Waals surface area (Å²) in [4.78, 5) is 10.9. The number of aryl methyl sites for hydroxylation is 1. The molecule has 0 saturated heterocycles. The SMILES string of the molecule is CC(CCc1ccc2c(c1)sc1ccccc12)N(O)C(N)=O. The number of hydrogen-bond donors (Lipinski definition) is 2. The molecule has 4 nitrogen and oxygen atoms in total. The molecule has 1 aromatic heterocycles. The van der Waals surface area contributed by atoms with Gasteiger partial charge in [-0.15, -0.1) is 11.3 Å². The van der Waals surface area contributed by atoms with E-state index in [0.29, 0.717) is 11.5 Å². The normalized spacial score (nSPS) is 12.6. The third kappa shape index (κ3) is 2.77. The summed E-state index contributed by atoms with van der Waals surface area (Å²) < 4.78 is 2.56. The van der Waals surface area contributed by atoms with Crippen LogP contribution in [0.4, 0.5) is 4.79 Å². The second-order valence-electron chi connectivity index (χ2n) is 5.50. The molecule has 3 rings (SSSR count). The quantitative estimate of drug-likeness (QED) is 0.561. The third-order valence-electron chi connectivity index (χ3n) is 3.94. The molecule has 1 heterocycles. The first-order chi connectivity index (χ1) is 10.6. The standard InChI is InChI=1S/C17H18N2O2S/c1-11(19(21)17(18)20)6-7-12-8-9-14-13-4-2-3-5-15(13)22-16(14)10-12/h2-5,8-11,21H,6-7H2,1H3,(H2,18,20). The Bertz CT molecular complexity index is 828. The van der Waals surface area contributed by atoms with Gasteiger partial charge in [-0.1, -0.05) is 30.3 Å². The van der Waals surface area contributed by atoms with E-state index in [9.17, 15) is 10.0 Å². The second kappa shape index (κ2) is 5.94. The molecule has 2 aromatic carbocycles. The van der Waals surface area contributed by atoms with Crippen LogP contribution in [0.3, 0.4) is 0 Å². The molecule has 0 fully saturated rings. The number of benzene rings is 2. The number of carbonyl (C=O) groups is 1. The minimum absolute atomic E-state index is 0.296. The van der Waals surface area contributed by atoms with Gasteiger partial charge in [-0.3, -0.25) is 5.21 Å². The molecule has 0 saturated carbocycles. The van der Waals surface area contributed by atoms with Crippen LogP contribution in [0, 0.1) is 0 Å². The van der Waals surface area contributed by atoms with Crippen LogP contribution in [0.2, 0.25) is 0 Å². The van der Waals surface area contributed by atoms with Crippen molar-refractivity contribution in [1.82, 2.24) is 5.06 Å². The van der Waals surface area contributed by atoms with Crippen molar-refractivity contribution in [2.45, 2.75) is 25.8 Å². The lowest BCUT2D eigenvalue weighted by Gasteiger charge is -2.20. The minimum Gasteiger partial charge on any atom is -0.350 e. The van der Waals surface area contributed by atoms with Gasteiger partial charge in [0.05, 0.1) is 6.04 Å². The maximum Gasteiger partial charge on any atom is 0.338 e. The third-order valence-corrected chi connectivity index (χ3v) is 5.07. The molecule has 114 valence electrons. The lowest BCUT2D eigenvalue weighted by Crippen LogP contribution is -2.39. The van der Waals surface area contributed by atoms with Gasteiger partial charge in [0, 0.05) is 20.2 Å². The van der Waals surface area contributed by atoms with Crippen molar-refractivity contribution in [3.63, 3.8) is 0 Å². The average molecular weight is 314 g/mol. The number of nitrogens with zero attached hydrogens (tertiary/aromatic N) is 1. The molecule has 0 bridgehead atoms. The molecule has 0 spiro atoms. The van der Waals surface area contributed by atoms with E-state index in [-0.39, 0.29) is 6.04 Å². The second-order valence-corrected chi connectivity index (χ2v) is 6.58. The van der Waals surface area contributed by atoms with Crippen molar-refractivity contribution in [3.05, 3.63) is 48.0 Å². The van der Waals surface area contributed by atoms with Crippen molar-refractivity contribution in [2.24, 2.45) is 5.73 Å². The first-order valence-corrected chi connectivity index (χ1v) is 8.05. The van der Waals surface area contributed by atoms with Crippen LogP contribution in [-0.2, 0) is 6.42 Å². The number of hydroxylamine groups is 2. The van der Waals surface area contributed by atoms with Crippen LogP contribution in [0.15, 0.2) is 42.5 Å². The fourth-order valence-corrected chi connectivity index (χ4v) is 3.81. The number of primary amides is 1. The maximum atomic E-state index is 10.9. The number of carbonyl (C=O) groups excluding carboxylic acids is 1. The molecule has 3 aromatic rings. The summed E-state index contributed by atoms with van der Waals surface area (Å²) in [6, 6.07) is 13.7. The van der Waals surface area contributed by atoms with Gasteiger partial charge in [-0.2, -0.15) is 0 Å². The molecular formula is C17H18N2O2S. The highest BCUT2D eigenvalue weighted by Crippen LogP contribution is 2.34. The molecular weight excluding hydrogens is 296 g/mol. The summed E-state index contributed by atoms with van der Waals surface area (Å²) in [5.74, 6) is 0. The van der Waals surface area contributed by atoms with E-state index < -0.39 is 6.03 Å². The molecule has 0 aliphatic heterocycles. The lowest BCUT2D eigenvalue weighted by molar-refractivity contribution is -0.0714. The fourth-order valence-electron chi connectivity index (χ4n) is 2.64.